The van der Waals surface area contributed by atoms with Gasteiger partial charge in [0.2, 0.25) is 0 Å². The van der Waals surface area contributed by atoms with Crippen LogP contribution in [-0.2, 0) is 21.7 Å². The van der Waals surface area contributed by atoms with Crippen LogP contribution in [0.4, 0.5) is 34.1 Å². The number of aryl methyl sites for hydroxylation is 4. The molecule has 7 aromatic carbocycles. The molecule has 0 N–H and O–H groups in total. The van der Waals surface area contributed by atoms with E-state index in [1.54, 1.807) is 0 Å². The van der Waals surface area contributed by atoms with Crippen molar-refractivity contribution in [3.05, 3.63) is 171 Å². The number of nitrogens with zero attached hydrogens (tertiary/aromatic N) is 2. The number of hydrogen-bond donors (Lipinski definition) is 0. The highest BCUT2D eigenvalue weighted by Crippen LogP contribution is 2.52. The minimum atomic E-state index is -0.220. The fraction of sp³-hybridized carbons (Fsp3) is 0.371. The van der Waals surface area contributed by atoms with Gasteiger partial charge in [0.15, 0.2) is 0 Å². The highest BCUT2D eigenvalue weighted by molar-refractivity contribution is 7.33. The van der Waals surface area contributed by atoms with Gasteiger partial charge in [-0.1, -0.05) is 181 Å². The van der Waals surface area contributed by atoms with E-state index < -0.39 is 0 Å². The zero-order valence-corrected chi connectivity index (χ0v) is 48.0. The highest BCUT2D eigenvalue weighted by Gasteiger charge is 2.46. The lowest BCUT2D eigenvalue weighted by molar-refractivity contribution is 0.444. The monoisotopic (exact) mass is 995 g/mol. The molecule has 0 saturated heterocycles. The molecule has 74 heavy (non-hydrogen) atoms. The van der Waals surface area contributed by atoms with E-state index in [4.69, 9.17) is 0 Å². The molecule has 11 rings (SSSR count). The van der Waals surface area contributed by atoms with Gasteiger partial charge in [-0.05, 0) is 189 Å². The van der Waals surface area contributed by atoms with Crippen LogP contribution in [0.1, 0.15) is 177 Å². The summed E-state index contributed by atoms with van der Waals surface area (Å²) >= 11 is 1.90. The van der Waals surface area contributed by atoms with Gasteiger partial charge in [-0.3, -0.25) is 0 Å². The third kappa shape index (κ3) is 8.75. The molecular weight excluding hydrogens is 912 g/mol. The van der Waals surface area contributed by atoms with E-state index >= 15 is 0 Å². The molecule has 0 radical (unpaired) electrons. The van der Waals surface area contributed by atoms with E-state index in [1.807, 2.05) is 11.3 Å². The number of fused-ring (bicyclic) bond motifs is 6. The number of benzene rings is 7. The molecule has 378 valence electrons. The molecule has 1 aromatic heterocycles. The first kappa shape index (κ1) is 45.5. The molecule has 0 unspecified atom stereocenters. The molecule has 0 bridgehead atoms. The number of hydrogen-bond acceptors (Lipinski definition) is 3. The fourth-order valence-corrected chi connectivity index (χ4v) is 13.8. The Morgan fingerprint density at radius 1 is 0.514 bits per heavy atom. The van der Waals surface area contributed by atoms with Gasteiger partial charge < -0.3 is 9.80 Å². The maximum Gasteiger partial charge on any atom is 0.264 e. The summed E-state index contributed by atoms with van der Waals surface area (Å²) in [5.41, 5.74) is 21.4. The Hall–Kier alpha value is -5.84. The van der Waals surface area contributed by atoms with Gasteiger partial charge in [-0.2, -0.15) is 0 Å². The molecule has 3 heterocycles. The van der Waals surface area contributed by atoms with Crippen molar-refractivity contribution < 1.29 is 5.48 Å². The van der Waals surface area contributed by atoms with Crippen LogP contribution in [0.2, 0.25) is 0 Å². The third-order valence-electron chi connectivity index (χ3n) is 16.6. The first-order valence-corrected chi connectivity index (χ1v) is 28.3. The maximum absolute atomic E-state index is 10.3. The lowest BCUT2D eigenvalue weighted by Gasteiger charge is -2.44. The average Bonchev–Trinajstić information content (AvgIpc) is 2.74. The molecule has 0 amide bonds. The standard InChI is InChI=1S/C70H79BN2S/c1-42-32-44(3)63(45(4)33-42)56-38-48(46-20-18-17-19-21-46)24-31-58(56)73-61-35-43(2)34-60-64(61)71(66-65(73)55-29-25-51(68(8,9)10)41-62(55)74-66)57-30-26-50(67(5,6)7)40-59(57)72(60)54-27-22-47(23-28-54)49-36-52(69(11,12)13)39-53(37-49)70(14,15)16/h22-41,46H,17-21H2,1-16H3/i22D,23D,27D,28D. The number of anilines is 6. The SMILES string of the molecule is [2H]c1c([2H])c(N2c3cc(C(C)(C)C)ccc3B3c4sc5cc(C(C)(C)C)ccc5c4N(c4ccc(C5CCCCC5)cc4-c4c(C)cc(C)cc4C)c4cc(C)cc2c43)c([2H])c([2H])c1-c1cc(C(C)(C)C)cc(C(C)(C)C)c1. The second-order valence-corrected chi connectivity index (χ2v) is 27.6. The molecule has 4 heteroatoms. The molecule has 2 aliphatic heterocycles. The van der Waals surface area contributed by atoms with Crippen LogP contribution in [0.15, 0.2) is 121 Å². The van der Waals surface area contributed by atoms with Crippen LogP contribution in [0.3, 0.4) is 0 Å². The van der Waals surface area contributed by atoms with Crippen LogP contribution in [-0.4, -0.2) is 6.71 Å². The summed E-state index contributed by atoms with van der Waals surface area (Å²) in [6.45, 7) is 35.5. The molecule has 1 fully saturated rings. The van der Waals surface area contributed by atoms with Crippen LogP contribution >= 0.6 is 11.3 Å². The normalized spacial score (nSPS) is 15.9. The second-order valence-electron chi connectivity index (χ2n) is 26.5. The second kappa shape index (κ2) is 17.9. The summed E-state index contributed by atoms with van der Waals surface area (Å²) in [6.07, 6.45) is 6.25. The topological polar surface area (TPSA) is 6.48 Å². The van der Waals surface area contributed by atoms with Crippen molar-refractivity contribution >= 4 is 78.0 Å². The Bertz CT molecular complexity index is 3690. The van der Waals surface area contributed by atoms with Crippen molar-refractivity contribution in [1.29, 1.82) is 0 Å². The van der Waals surface area contributed by atoms with Gasteiger partial charge in [0, 0.05) is 43.2 Å². The quantitative estimate of drug-likeness (QED) is 0.159. The predicted octanol–water partition coefficient (Wildman–Crippen LogP) is 18.8. The van der Waals surface area contributed by atoms with E-state index in [2.05, 4.69) is 218 Å². The minimum Gasteiger partial charge on any atom is -0.311 e. The summed E-state index contributed by atoms with van der Waals surface area (Å²) in [7, 11) is 0. The van der Waals surface area contributed by atoms with Gasteiger partial charge in [0.05, 0.1) is 16.9 Å². The summed E-state index contributed by atoms with van der Waals surface area (Å²) in [4.78, 5) is 4.71. The van der Waals surface area contributed by atoms with Crippen LogP contribution in [0, 0.1) is 27.7 Å². The van der Waals surface area contributed by atoms with Crippen molar-refractivity contribution in [2.45, 2.75) is 170 Å². The summed E-state index contributed by atoms with van der Waals surface area (Å²) in [5, 5.41) is 1.23. The van der Waals surface area contributed by atoms with Gasteiger partial charge in [-0.15, -0.1) is 11.3 Å². The van der Waals surface area contributed by atoms with Gasteiger partial charge in [0.25, 0.3) is 6.71 Å². The van der Waals surface area contributed by atoms with Crippen molar-refractivity contribution in [3.63, 3.8) is 0 Å². The molecule has 8 aromatic rings. The number of thiophene rings is 1. The summed E-state index contributed by atoms with van der Waals surface area (Å²) < 4.78 is 43.1. The van der Waals surface area contributed by atoms with E-state index in [0.29, 0.717) is 17.0 Å². The minimum absolute atomic E-state index is 0.0382. The zero-order valence-electron chi connectivity index (χ0n) is 51.2. The average molecular weight is 995 g/mol. The van der Waals surface area contributed by atoms with Gasteiger partial charge in [-0.25, -0.2) is 0 Å². The molecule has 3 aliphatic rings. The first-order valence-electron chi connectivity index (χ1n) is 29.5. The lowest BCUT2D eigenvalue weighted by Crippen LogP contribution is -2.60. The van der Waals surface area contributed by atoms with E-state index in [9.17, 15) is 5.48 Å². The van der Waals surface area contributed by atoms with E-state index in [-0.39, 0.29) is 58.2 Å². The zero-order chi connectivity index (χ0) is 56.0. The number of rotatable bonds is 5. The van der Waals surface area contributed by atoms with Crippen molar-refractivity contribution in [1.82, 2.24) is 0 Å². The largest absolute Gasteiger partial charge is 0.311 e. The van der Waals surface area contributed by atoms with E-state index in [0.717, 1.165) is 55.9 Å². The molecule has 1 saturated carbocycles. The van der Waals surface area contributed by atoms with Gasteiger partial charge >= 0.3 is 0 Å². The van der Waals surface area contributed by atoms with Crippen molar-refractivity contribution in [3.8, 4) is 22.3 Å². The Morgan fingerprint density at radius 3 is 1.69 bits per heavy atom. The molecule has 0 spiro atoms. The van der Waals surface area contributed by atoms with Crippen LogP contribution < -0.4 is 25.5 Å². The highest BCUT2D eigenvalue weighted by atomic mass is 32.1. The third-order valence-corrected chi connectivity index (χ3v) is 17.8. The van der Waals surface area contributed by atoms with E-state index in [1.165, 1.54) is 91.6 Å². The van der Waals surface area contributed by atoms with Crippen molar-refractivity contribution in [2.75, 3.05) is 9.80 Å². The Labute approximate surface area is 455 Å². The predicted molar refractivity (Wildman–Crippen MR) is 326 cm³/mol. The smallest absolute Gasteiger partial charge is 0.264 e. The molecule has 1 aliphatic carbocycles. The maximum atomic E-state index is 10.3. The van der Waals surface area contributed by atoms with Gasteiger partial charge in [0.1, 0.15) is 0 Å². The first-order chi connectivity index (χ1) is 36.5. The summed E-state index contributed by atoms with van der Waals surface area (Å²) in [5.74, 6) is 0.517. The fourth-order valence-electron chi connectivity index (χ4n) is 12.5. The van der Waals surface area contributed by atoms with Crippen LogP contribution in [0.25, 0.3) is 32.3 Å². The van der Waals surface area contributed by atoms with Crippen molar-refractivity contribution in [2.24, 2.45) is 0 Å². The van der Waals surface area contributed by atoms with Crippen LogP contribution in [0.5, 0.6) is 0 Å². The Kier molecular flexibility index (Phi) is 11.0. The molecule has 2 nitrogen and oxygen atoms in total. The molecule has 0 atom stereocenters. The lowest BCUT2D eigenvalue weighted by atomic mass is 9.36. The Balaban J connectivity index is 1.25. The summed E-state index contributed by atoms with van der Waals surface area (Å²) in [6, 6.07) is 37.0. The molecular formula is C70H79BN2S. The Morgan fingerprint density at radius 2 is 1.08 bits per heavy atom.